The van der Waals surface area contributed by atoms with Gasteiger partial charge in [0.15, 0.2) is 9.96 Å². The van der Waals surface area contributed by atoms with Gasteiger partial charge < -0.3 is 19.5 Å². The summed E-state index contributed by atoms with van der Waals surface area (Å²) in [6.45, 7) is 2.38. The van der Waals surface area contributed by atoms with Crippen molar-refractivity contribution in [1.29, 1.82) is 0 Å². The average Bonchev–Trinajstić information content (AvgIpc) is 3.06. The first-order valence-electron chi connectivity index (χ1n) is 7.83. The van der Waals surface area contributed by atoms with Gasteiger partial charge in [-0.2, -0.15) is 0 Å². The van der Waals surface area contributed by atoms with Gasteiger partial charge in [-0.25, -0.2) is 17.9 Å². The van der Waals surface area contributed by atoms with Gasteiger partial charge >= 0.3 is 5.97 Å². The third kappa shape index (κ3) is 4.70. The molecule has 1 aliphatic rings. The first-order chi connectivity index (χ1) is 11.9. The number of nitrogens with one attached hydrogen (secondary N) is 2. The molecule has 0 bridgehead atoms. The summed E-state index contributed by atoms with van der Waals surface area (Å²) in [5.41, 5.74) is -0.247. The van der Waals surface area contributed by atoms with Crippen LogP contribution in [0.15, 0.2) is 10.3 Å². The van der Waals surface area contributed by atoms with Crippen molar-refractivity contribution in [1.82, 2.24) is 10.0 Å². The Morgan fingerprint density at radius 1 is 1.32 bits per heavy atom. The maximum atomic E-state index is 12.7. The van der Waals surface area contributed by atoms with Crippen LogP contribution < -0.4 is 14.8 Å². The Morgan fingerprint density at radius 2 is 2.00 bits per heavy atom. The Morgan fingerprint density at radius 3 is 2.56 bits per heavy atom. The Kier molecular flexibility index (Phi) is 6.80. The van der Waals surface area contributed by atoms with Crippen LogP contribution in [0.3, 0.4) is 0 Å². The first kappa shape index (κ1) is 20.1. The van der Waals surface area contributed by atoms with E-state index in [1.807, 2.05) is 0 Å². The molecule has 0 atom stereocenters. The number of hydrogen-bond donors (Lipinski definition) is 2. The zero-order valence-corrected chi connectivity index (χ0v) is 16.2. The van der Waals surface area contributed by atoms with E-state index in [-0.39, 0.29) is 26.8 Å². The number of hydrogen-bond acceptors (Lipinski definition) is 8. The van der Waals surface area contributed by atoms with Gasteiger partial charge in [-0.3, -0.25) is 0 Å². The van der Waals surface area contributed by atoms with E-state index in [0.717, 1.165) is 37.3 Å². The fourth-order valence-corrected chi connectivity index (χ4v) is 5.53. The summed E-state index contributed by atoms with van der Waals surface area (Å²) in [7, 11) is 0.399. The molecule has 1 fully saturated rings. The molecular formula is C15H24N2O6S2. The zero-order valence-electron chi connectivity index (χ0n) is 14.6. The molecule has 8 nitrogen and oxygen atoms in total. The summed E-state index contributed by atoms with van der Waals surface area (Å²) >= 11 is 0.829. The van der Waals surface area contributed by atoms with E-state index in [2.05, 4.69) is 14.8 Å². The summed E-state index contributed by atoms with van der Waals surface area (Å²) in [6, 6.07) is 1.38. The van der Waals surface area contributed by atoms with Crippen molar-refractivity contribution in [2.75, 3.05) is 47.6 Å². The molecule has 1 aromatic heterocycles. The predicted molar refractivity (Wildman–Crippen MR) is 93.8 cm³/mol. The minimum Gasteiger partial charge on any atom is -0.494 e. The van der Waals surface area contributed by atoms with Gasteiger partial charge in [0.1, 0.15) is 4.88 Å². The number of rotatable bonds is 8. The Hall–Kier alpha value is -1.20. The van der Waals surface area contributed by atoms with Gasteiger partial charge in [-0.05, 0) is 25.9 Å². The lowest BCUT2D eigenvalue weighted by Gasteiger charge is -2.37. The monoisotopic (exact) mass is 392 g/mol. The highest BCUT2D eigenvalue weighted by atomic mass is 32.2. The third-order valence-electron chi connectivity index (χ3n) is 4.27. The normalized spacial score (nSPS) is 17.2. The maximum Gasteiger partial charge on any atom is 0.348 e. The number of piperidine rings is 1. The molecule has 1 saturated heterocycles. The minimum absolute atomic E-state index is 0.0306. The number of methoxy groups -OCH3 is 3. The number of ether oxygens (including phenoxy) is 3. The van der Waals surface area contributed by atoms with Crippen molar-refractivity contribution in [3.8, 4) is 5.75 Å². The molecule has 2 heterocycles. The van der Waals surface area contributed by atoms with Gasteiger partial charge in [0.25, 0.3) is 10.0 Å². The van der Waals surface area contributed by atoms with Crippen LogP contribution in [-0.4, -0.2) is 62.0 Å². The Labute approximate surface area is 151 Å². The molecule has 1 aromatic rings. The molecule has 0 aliphatic carbocycles. The average molecular weight is 392 g/mol. The summed E-state index contributed by atoms with van der Waals surface area (Å²) < 4.78 is 43.2. The van der Waals surface area contributed by atoms with Crippen LogP contribution in [0.25, 0.3) is 0 Å². The highest BCUT2D eigenvalue weighted by Crippen LogP contribution is 2.35. The fourth-order valence-electron chi connectivity index (χ4n) is 2.84. The molecule has 2 N–H and O–H groups in total. The smallest absolute Gasteiger partial charge is 0.348 e. The molecule has 0 radical (unpaired) electrons. The first-order valence-corrected chi connectivity index (χ1v) is 10.1. The van der Waals surface area contributed by atoms with Crippen molar-refractivity contribution in [2.24, 2.45) is 5.41 Å². The van der Waals surface area contributed by atoms with Gasteiger partial charge in [0.05, 0.1) is 20.8 Å². The number of thiophene rings is 1. The summed E-state index contributed by atoms with van der Waals surface area (Å²) in [5.74, 6) is -0.469. The molecule has 142 valence electrons. The highest BCUT2D eigenvalue weighted by Gasteiger charge is 2.35. The summed E-state index contributed by atoms with van der Waals surface area (Å²) in [5, 5.41) is 3.27. The number of sulfonamides is 1. The standard InChI is InChI=1S/C15H24N2O6S2/c1-21-10-15(4-6-16-7-5-15)9-17-25(19,20)14-11(22-2)8-12(24-14)13(18)23-3/h8,16-17H,4-7,9-10H2,1-3H3. The molecule has 0 spiro atoms. The maximum absolute atomic E-state index is 12.7. The molecule has 0 amide bonds. The van der Waals surface area contributed by atoms with E-state index in [9.17, 15) is 13.2 Å². The van der Waals surface area contributed by atoms with Crippen molar-refractivity contribution < 1.29 is 27.4 Å². The third-order valence-corrected chi connectivity index (χ3v) is 7.28. The molecular weight excluding hydrogens is 368 g/mol. The molecule has 0 unspecified atom stereocenters. The lowest BCUT2D eigenvalue weighted by molar-refractivity contribution is 0.0577. The van der Waals surface area contributed by atoms with Crippen LogP contribution in [0.1, 0.15) is 22.5 Å². The lowest BCUT2D eigenvalue weighted by Crippen LogP contribution is -2.47. The topological polar surface area (TPSA) is 103 Å². The Bertz CT molecular complexity index is 689. The van der Waals surface area contributed by atoms with Crippen LogP contribution in [0.5, 0.6) is 5.75 Å². The molecule has 0 saturated carbocycles. The van der Waals surface area contributed by atoms with Crippen molar-refractivity contribution in [3.63, 3.8) is 0 Å². The van der Waals surface area contributed by atoms with Crippen molar-refractivity contribution in [2.45, 2.75) is 17.1 Å². The Balaban J connectivity index is 2.20. The van der Waals surface area contributed by atoms with Crippen molar-refractivity contribution >= 4 is 27.3 Å². The SMILES string of the molecule is COCC1(CNS(=O)(=O)c2sc(C(=O)OC)cc2OC)CCNCC1. The van der Waals surface area contributed by atoms with Gasteiger partial charge in [0.2, 0.25) is 0 Å². The van der Waals surface area contributed by atoms with Crippen LogP contribution in [0.4, 0.5) is 0 Å². The number of esters is 1. The quantitative estimate of drug-likeness (QED) is 0.632. The van der Waals surface area contributed by atoms with E-state index in [0.29, 0.717) is 6.61 Å². The van der Waals surface area contributed by atoms with E-state index in [1.54, 1.807) is 7.11 Å². The molecule has 2 rings (SSSR count). The van der Waals surface area contributed by atoms with E-state index >= 15 is 0 Å². The molecule has 0 aromatic carbocycles. The van der Waals surface area contributed by atoms with Gasteiger partial charge in [-0.1, -0.05) is 0 Å². The molecule has 25 heavy (non-hydrogen) atoms. The van der Waals surface area contributed by atoms with Crippen LogP contribution in [0.2, 0.25) is 0 Å². The minimum atomic E-state index is -3.82. The zero-order chi connectivity index (χ0) is 18.5. The second-order valence-electron chi connectivity index (χ2n) is 5.97. The number of carbonyl (C=O) groups excluding carboxylic acids is 1. The van der Waals surface area contributed by atoms with Gasteiger partial charge in [-0.15, -0.1) is 11.3 Å². The fraction of sp³-hybridized carbons (Fsp3) is 0.667. The summed E-state index contributed by atoms with van der Waals surface area (Å²) in [4.78, 5) is 11.8. The highest BCUT2D eigenvalue weighted by molar-refractivity contribution is 7.91. The number of carbonyl (C=O) groups is 1. The lowest BCUT2D eigenvalue weighted by atomic mass is 9.80. The van der Waals surface area contributed by atoms with E-state index in [1.165, 1.54) is 20.3 Å². The van der Waals surface area contributed by atoms with E-state index in [4.69, 9.17) is 9.47 Å². The van der Waals surface area contributed by atoms with Crippen molar-refractivity contribution in [3.05, 3.63) is 10.9 Å². The second-order valence-corrected chi connectivity index (χ2v) is 8.98. The van der Waals surface area contributed by atoms with Crippen LogP contribution in [-0.2, 0) is 19.5 Å². The molecule has 1 aliphatic heterocycles. The predicted octanol–water partition coefficient (Wildman–Crippen LogP) is 0.838. The second kappa shape index (κ2) is 8.45. The van der Waals surface area contributed by atoms with E-state index < -0.39 is 16.0 Å². The van der Waals surface area contributed by atoms with Crippen LogP contribution >= 0.6 is 11.3 Å². The van der Waals surface area contributed by atoms with Crippen LogP contribution in [0, 0.1) is 5.41 Å². The molecule has 10 heteroatoms. The van der Waals surface area contributed by atoms with Gasteiger partial charge in [0, 0.05) is 25.1 Å². The summed E-state index contributed by atoms with van der Waals surface area (Å²) in [6.07, 6.45) is 1.64. The largest absolute Gasteiger partial charge is 0.494 e.